The van der Waals surface area contributed by atoms with Crippen molar-refractivity contribution in [3.63, 3.8) is 0 Å². The number of nitrogens with zero attached hydrogens (tertiary/aromatic N) is 2. The number of hydrogen-bond donors (Lipinski definition) is 0. The summed E-state index contributed by atoms with van der Waals surface area (Å²) in [4.78, 5) is 16.7. The lowest BCUT2D eigenvalue weighted by Crippen LogP contribution is -2.50. The summed E-state index contributed by atoms with van der Waals surface area (Å²) in [6.45, 7) is 6.11. The summed E-state index contributed by atoms with van der Waals surface area (Å²) in [7, 11) is -2.99. The predicted octanol–water partition coefficient (Wildman–Crippen LogP) is 1.07. The van der Waals surface area contributed by atoms with Crippen LogP contribution in [0.1, 0.15) is 17.5 Å². The Morgan fingerprint density at radius 1 is 1.17 bits per heavy atom. The van der Waals surface area contributed by atoms with E-state index in [-0.39, 0.29) is 23.3 Å². The van der Waals surface area contributed by atoms with Crippen molar-refractivity contribution in [1.29, 1.82) is 0 Å². The lowest BCUT2D eigenvalue weighted by atomic mass is 10.1. The molecular formula is C17H24N2O3S. The summed E-state index contributed by atoms with van der Waals surface area (Å²) in [5, 5.41) is 0. The molecule has 0 unspecified atom stereocenters. The Morgan fingerprint density at radius 2 is 1.87 bits per heavy atom. The number of aryl methyl sites for hydroxylation is 1. The van der Waals surface area contributed by atoms with Crippen molar-refractivity contribution in [3.8, 4) is 0 Å². The standard InChI is InChI=1S/C17H24N2O3S/c1-14-4-2-3-5-15(14)12-18-7-9-19(10-8-18)17(20)16-6-11-23(21,22)13-16/h2-5,16H,6-13H2,1H3/t16-/m0/s1. The minimum absolute atomic E-state index is 0.0293. The quantitative estimate of drug-likeness (QED) is 0.829. The van der Waals surface area contributed by atoms with E-state index in [4.69, 9.17) is 0 Å². The molecule has 5 nitrogen and oxygen atoms in total. The number of benzene rings is 1. The molecule has 1 aromatic carbocycles. The first-order valence-electron chi connectivity index (χ1n) is 8.21. The van der Waals surface area contributed by atoms with Crippen LogP contribution in [-0.4, -0.2) is 61.8 Å². The van der Waals surface area contributed by atoms with Crippen molar-refractivity contribution in [3.05, 3.63) is 35.4 Å². The van der Waals surface area contributed by atoms with E-state index < -0.39 is 9.84 Å². The van der Waals surface area contributed by atoms with Crippen LogP contribution in [0.2, 0.25) is 0 Å². The molecule has 1 atom stereocenters. The zero-order valence-corrected chi connectivity index (χ0v) is 14.4. The second-order valence-electron chi connectivity index (χ2n) is 6.63. The molecule has 126 valence electrons. The highest BCUT2D eigenvalue weighted by atomic mass is 32.2. The monoisotopic (exact) mass is 336 g/mol. The van der Waals surface area contributed by atoms with Gasteiger partial charge in [0.2, 0.25) is 5.91 Å². The number of piperazine rings is 1. The van der Waals surface area contributed by atoms with Gasteiger partial charge in [0.25, 0.3) is 0 Å². The number of carbonyl (C=O) groups is 1. The summed E-state index contributed by atoms with van der Waals surface area (Å²) < 4.78 is 23.1. The summed E-state index contributed by atoms with van der Waals surface area (Å²) in [6.07, 6.45) is 0.491. The van der Waals surface area contributed by atoms with Crippen LogP contribution in [0.5, 0.6) is 0 Å². The highest BCUT2D eigenvalue weighted by Crippen LogP contribution is 2.22. The van der Waals surface area contributed by atoms with Crippen LogP contribution in [0.15, 0.2) is 24.3 Å². The normalized spacial score (nSPS) is 24.7. The van der Waals surface area contributed by atoms with Gasteiger partial charge >= 0.3 is 0 Å². The van der Waals surface area contributed by atoms with Crippen LogP contribution in [-0.2, 0) is 21.2 Å². The van der Waals surface area contributed by atoms with Crippen LogP contribution in [0.3, 0.4) is 0 Å². The minimum atomic E-state index is -2.99. The zero-order valence-electron chi connectivity index (χ0n) is 13.6. The number of amides is 1. The zero-order chi connectivity index (χ0) is 16.4. The van der Waals surface area contributed by atoms with Crippen molar-refractivity contribution < 1.29 is 13.2 Å². The first-order chi connectivity index (χ1) is 10.9. The van der Waals surface area contributed by atoms with Gasteiger partial charge in [0, 0.05) is 32.7 Å². The lowest BCUT2D eigenvalue weighted by molar-refractivity contribution is -0.136. The SMILES string of the molecule is Cc1ccccc1CN1CCN(C(=O)[C@H]2CCS(=O)(=O)C2)CC1. The maximum atomic E-state index is 12.5. The van der Waals surface area contributed by atoms with Gasteiger partial charge in [0.15, 0.2) is 9.84 Å². The Morgan fingerprint density at radius 3 is 2.48 bits per heavy atom. The van der Waals surface area contributed by atoms with Gasteiger partial charge in [0.05, 0.1) is 17.4 Å². The second kappa shape index (κ2) is 6.61. The fourth-order valence-corrected chi connectivity index (χ4v) is 5.14. The molecule has 0 spiro atoms. The Kier molecular flexibility index (Phi) is 4.73. The first kappa shape index (κ1) is 16.5. The van der Waals surface area contributed by atoms with Gasteiger partial charge in [-0.05, 0) is 24.5 Å². The summed E-state index contributed by atoms with van der Waals surface area (Å²) in [5.41, 5.74) is 2.62. The molecule has 0 aromatic heterocycles. The van der Waals surface area contributed by atoms with Crippen LogP contribution in [0.4, 0.5) is 0 Å². The number of carbonyl (C=O) groups excluding carboxylic acids is 1. The van der Waals surface area contributed by atoms with E-state index in [0.717, 1.165) is 19.6 Å². The smallest absolute Gasteiger partial charge is 0.226 e. The van der Waals surface area contributed by atoms with Gasteiger partial charge in [-0.2, -0.15) is 0 Å². The van der Waals surface area contributed by atoms with E-state index in [1.807, 2.05) is 11.0 Å². The maximum absolute atomic E-state index is 12.5. The topological polar surface area (TPSA) is 57.7 Å². The molecule has 0 N–H and O–H groups in total. The number of rotatable bonds is 3. The third kappa shape index (κ3) is 3.93. The molecule has 0 aliphatic carbocycles. The first-order valence-corrected chi connectivity index (χ1v) is 10.0. The van der Waals surface area contributed by atoms with E-state index in [1.165, 1.54) is 11.1 Å². The van der Waals surface area contributed by atoms with E-state index in [0.29, 0.717) is 19.5 Å². The van der Waals surface area contributed by atoms with Crippen molar-refractivity contribution in [2.45, 2.75) is 19.9 Å². The van der Waals surface area contributed by atoms with Crippen LogP contribution in [0.25, 0.3) is 0 Å². The summed E-state index contributed by atoms with van der Waals surface area (Å²) >= 11 is 0. The van der Waals surface area contributed by atoms with Crippen LogP contribution in [0, 0.1) is 12.8 Å². The Balaban J connectivity index is 1.52. The maximum Gasteiger partial charge on any atom is 0.226 e. The summed E-state index contributed by atoms with van der Waals surface area (Å²) in [5.74, 6) is -0.0872. The molecule has 0 bridgehead atoms. The van der Waals surface area contributed by atoms with Gasteiger partial charge in [-0.3, -0.25) is 9.69 Å². The number of sulfone groups is 1. The number of hydrogen-bond acceptors (Lipinski definition) is 4. The second-order valence-corrected chi connectivity index (χ2v) is 8.86. The van der Waals surface area contributed by atoms with Gasteiger partial charge in [-0.15, -0.1) is 0 Å². The predicted molar refractivity (Wildman–Crippen MR) is 89.8 cm³/mol. The van der Waals surface area contributed by atoms with Crippen molar-refractivity contribution >= 4 is 15.7 Å². The molecule has 6 heteroatoms. The molecular weight excluding hydrogens is 312 g/mol. The van der Waals surface area contributed by atoms with Crippen LogP contribution < -0.4 is 0 Å². The lowest BCUT2D eigenvalue weighted by Gasteiger charge is -2.36. The fraction of sp³-hybridized carbons (Fsp3) is 0.588. The highest BCUT2D eigenvalue weighted by Gasteiger charge is 2.36. The Labute approximate surface area is 138 Å². The van der Waals surface area contributed by atoms with Crippen molar-refractivity contribution in [2.24, 2.45) is 5.92 Å². The molecule has 3 rings (SSSR count). The van der Waals surface area contributed by atoms with Gasteiger partial charge in [-0.1, -0.05) is 24.3 Å². The molecule has 1 amide bonds. The molecule has 2 aliphatic rings. The van der Waals surface area contributed by atoms with E-state index in [9.17, 15) is 13.2 Å². The average Bonchev–Trinajstić information content (AvgIpc) is 2.90. The third-order valence-electron chi connectivity index (χ3n) is 4.92. The molecule has 0 radical (unpaired) electrons. The molecule has 0 saturated carbocycles. The summed E-state index contributed by atoms with van der Waals surface area (Å²) in [6, 6.07) is 8.37. The fourth-order valence-electron chi connectivity index (χ4n) is 3.40. The highest BCUT2D eigenvalue weighted by molar-refractivity contribution is 7.91. The van der Waals surface area contributed by atoms with E-state index in [1.54, 1.807) is 0 Å². The van der Waals surface area contributed by atoms with E-state index in [2.05, 4.69) is 30.0 Å². The molecule has 2 aliphatic heterocycles. The largest absolute Gasteiger partial charge is 0.340 e. The van der Waals surface area contributed by atoms with Gasteiger partial charge in [-0.25, -0.2) is 8.42 Å². The molecule has 2 heterocycles. The molecule has 2 saturated heterocycles. The Hall–Kier alpha value is -1.40. The molecule has 2 fully saturated rings. The van der Waals surface area contributed by atoms with Gasteiger partial charge < -0.3 is 4.90 Å². The molecule has 1 aromatic rings. The third-order valence-corrected chi connectivity index (χ3v) is 6.69. The minimum Gasteiger partial charge on any atom is -0.340 e. The van der Waals surface area contributed by atoms with E-state index >= 15 is 0 Å². The van der Waals surface area contributed by atoms with Crippen molar-refractivity contribution in [1.82, 2.24) is 9.80 Å². The van der Waals surface area contributed by atoms with Crippen LogP contribution >= 0.6 is 0 Å². The van der Waals surface area contributed by atoms with Gasteiger partial charge in [0.1, 0.15) is 0 Å². The molecule has 23 heavy (non-hydrogen) atoms. The van der Waals surface area contributed by atoms with Crippen molar-refractivity contribution in [2.75, 3.05) is 37.7 Å². The Bertz CT molecular complexity index is 679. The average molecular weight is 336 g/mol.